The van der Waals surface area contributed by atoms with Crippen molar-refractivity contribution in [1.82, 2.24) is 9.62 Å². The summed E-state index contributed by atoms with van der Waals surface area (Å²) >= 11 is 7.84. The Kier molecular flexibility index (Phi) is 4.54. The molecule has 5 heteroatoms. The van der Waals surface area contributed by atoms with Gasteiger partial charge in [-0.25, -0.2) is 4.31 Å². The lowest BCUT2D eigenvalue weighted by Gasteiger charge is -2.18. The van der Waals surface area contributed by atoms with Crippen LogP contribution in [0.3, 0.4) is 0 Å². The Morgan fingerprint density at radius 1 is 1.61 bits per heavy atom. The zero-order valence-corrected chi connectivity index (χ0v) is 12.1. The Morgan fingerprint density at radius 2 is 2.39 bits per heavy atom. The molecule has 1 atom stereocenters. The molecule has 18 heavy (non-hydrogen) atoms. The van der Waals surface area contributed by atoms with Gasteiger partial charge in [0.15, 0.2) is 0 Å². The van der Waals surface area contributed by atoms with Crippen LogP contribution >= 0.6 is 23.5 Å². The molecule has 0 saturated carbocycles. The third-order valence-corrected chi connectivity index (χ3v) is 4.65. The van der Waals surface area contributed by atoms with Gasteiger partial charge in [0.05, 0.1) is 6.04 Å². The molecule has 0 spiro atoms. The molecule has 1 unspecified atom stereocenters. The van der Waals surface area contributed by atoms with E-state index in [0.717, 1.165) is 23.3 Å². The SMILES string of the molecule is Cc1cccc(Cl)c1CNC(=O)C1CCSN1C. The van der Waals surface area contributed by atoms with Gasteiger partial charge in [-0.1, -0.05) is 35.7 Å². The van der Waals surface area contributed by atoms with E-state index in [1.807, 2.05) is 36.5 Å². The number of hydrogen-bond acceptors (Lipinski definition) is 3. The minimum Gasteiger partial charge on any atom is -0.351 e. The van der Waals surface area contributed by atoms with Crippen LogP contribution in [0.15, 0.2) is 18.2 Å². The first kappa shape index (κ1) is 13.7. The third kappa shape index (κ3) is 2.99. The maximum absolute atomic E-state index is 12.0. The summed E-state index contributed by atoms with van der Waals surface area (Å²) in [6.07, 6.45) is 0.911. The molecule has 1 amide bonds. The second kappa shape index (κ2) is 5.95. The summed E-state index contributed by atoms with van der Waals surface area (Å²) in [5, 5.41) is 3.69. The summed E-state index contributed by atoms with van der Waals surface area (Å²) in [5.41, 5.74) is 2.11. The van der Waals surface area contributed by atoms with Crippen molar-refractivity contribution in [1.29, 1.82) is 0 Å². The Balaban J connectivity index is 1.97. The number of nitrogens with zero attached hydrogens (tertiary/aromatic N) is 1. The first-order chi connectivity index (χ1) is 8.59. The van der Waals surface area contributed by atoms with Crippen molar-refractivity contribution in [3.8, 4) is 0 Å². The molecule has 1 heterocycles. The van der Waals surface area contributed by atoms with Crippen molar-refractivity contribution in [3.63, 3.8) is 0 Å². The molecule has 1 saturated heterocycles. The van der Waals surface area contributed by atoms with Gasteiger partial charge in [0.2, 0.25) is 5.91 Å². The minimum atomic E-state index is -0.0159. The average Bonchev–Trinajstić information content (AvgIpc) is 2.74. The maximum Gasteiger partial charge on any atom is 0.238 e. The Bertz CT molecular complexity index is 432. The van der Waals surface area contributed by atoms with Crippen LogP contribution in [0.5, 0.6) is 0 Å². The van der Waals surface area contributed by atoms with Crippen LogP contribution < -0.4 is 5.32 Å². The number of aryl methyl sites for hydroxylation is 1. The summed E-state index contributed by atoms with van der Waals surface area (Å²) in [4.78, 5) is 12.0. The summed E-state index contributed by atoms with van der Waals surface area (Å²) in [5.74, 6) is 1.10. The van der Waals surface area contributed by atoms with Crippen LogP contribution in [0.25, 0.3) is 0 Å². The van der Waals surface area contributed by atoms with E-state index in [-0.39, 0.29) is 11.9 Å². The van der Waals surface area contributed by atoms with E-state index in [0.29, 0.717) is 11.6 Å². The molecule has 1 aliphatic rings. The molecule has 1 aromatic rings. The molecule has 1 fully saturated rings. The van der Waals surface area contributed by atoms with Crippen molar-refractivity contribution in [2.24, 2.45) is 0 Å². The third-order valence-electron chi connectivity index (χ3n) is 3.22. The van der Waals surface area contributed by atoms with Crippen molar-refractivity contribution < 1.29 is 4.79 Å². The zero-order valence-electron chi connectivity index (χ0n) is 10.6. The number of carbonyl (C=O) groups excluding carboxylic acids is 1. The molecule has 1 aromatic carbocycles. The first-order valence-electron chi connectivity index (χ1n) is 5.97. The monoisotopic (exact) mass is 284 g/mol. The Morgan fingerprint density at radius 3 is 3.00 bits per heavy atom. The molecule has 0 aromatic heterocycles. The number of nitrogens with one attached hydrogen (secondary N) is 1. The smallest absolute Gasteiger partial charge is 0.238 e. The standard InChI is InChI=1S/C13H17ClN2OS/c1-9-4-3-5-11(14)10(9)8-15-13(17)12-6-7-18-16(12)2/h3-5,12H,6-8H2,1-2H3,(H,15,17). The van der Waals surface area contributed by atoms with Crippen molar-refractivity contribution >= 4 is 29.5 Å². The van der Waals surface area contributed by atoms with E-state index in [4.69, 9.17) is 11.6 Å². The normalized spacial score (nSPS) is 20.1. The van der Waals surface area contributed by atoms with Crippen molar-refractivity contribution in [2.45, 2.75) is 25.9 Å². The van der Waals surface area contributed by atoms with Crippen molar-refractivity contribution in [2.75, 3.05) is 12.8 Å². The van der Waals surface area contributed by atoms with Gasteiger partial charge in [0.1, 0.15) is 0 Å². The lowest BCUT2D eigenvalue weighted by atomic mass is 10.1. The predicted molar refractivity (Wildman–Crippen MR) is 76.7 cm³/mol. The van der Waals surface area contributed by atoms with Crippen LogP contribution in [0.1, 0.15) is 17.5 Å². The van der Waals surface area contributed by atoms with E-state index in [2.05, 4.69) is 5.32 Å². The van der Waals surface area contributed by atoms with Crippen LogP contribution in [0.4, 0.5) is 0 Å². The van der Waals surface area contributed by atoms with E-state index in [9.17, 15) is 4.79 Å². The molecule has 3 nitrogen and oxygen atoms in total. The van der Waals surface area contributed by atoms with Crippen LogP contribution in [0, 0.1) is 6.92 Å². The summed E-state index contributed by atoms with van der Waals surface area (Å²) in [6.45, 7) is 2.50. The number of rotatable bonds is 3. The van der Waals surface area contributed by atoms with Crippen molar-refractivity contribution in [3.05, 3.63) is 34.3 Å². The molecule has 0 aliphatic carbocycles. The van der Waals surface area contributed by atoms with E-state index in [1.165, 1.54) is 0 Å². The molecule has 1 aliphatic heterocycles. The highest BCUT2D eigenvalue weighted by atomic mass is 35.5. The summed E-state index contributed by atoms with van der Waals surface area (Å²) < 4.78 is 2.02. The van der Waals surface area contributed by atoms with Gasteiger partial charge < -0.3 is 5.32 Å². The van der Waals surface area contributed by atoms with E-state index in [1.54, 1.807) is 11.9 Å². The number of carbonyl (C=O) groups is 1. The number of amides is 1. The fourth-order valence-electron chi connectivity index (χ4n) is 2.06. The van der Waals surface area contributed by atoms with E-state index >= 15 is 0 Å². The lowest BCUT2D eigenvalue weighted by Crippen LogP contribution is -2.39. The molecule has 2 rings (SSSR count). The highest BCUT2D eigenvalue weighted by Gasteiger charge is 2.28. The average molecular weight is 285 g/mol. The summed E-state index contributed by atoms with van der Waals surface area (Å²) in [7, 11) is 1.96. The van der Waals surface area contributed by atoms with Crippen LogP contribution in [-0.2, 0) is 11.3 Å². The number of benzene rings is 1. The molecular weight excluding hydrogens is 268 g/mol. The second-order valence-corrected chi connectivity index (χ2v) is 6.09. The van der Waals surface area contributed by atoms with Crippen LogP contribution in [0.2, 0.25) is 5.02 Å². The van der Waals surface area contributed by atoms with Gasteiger partial charge in [0, 0.05) is 17.3 Å². The number of halogens is 1. The highest BCUT2D eigenvalue weighted by Crippen LogP contribution is 2.25. The Labute approximate surface area is 117 Å². The van der Waals surface area contributed by atoms with Gasteiger partial charge in [-0.3, -0.25) is 4.79 Å². The van der Waals surface area contributed by atoms with Gasteiger partial charge >= 0.3 is 0 Å². The zero-order chi connectivity index (χ0) is 13.1. The predicted octanol–water partition coefficient (Wildman–Crippen LogP) is 2.62. The second-order valence-electron chi connectivity index (χ2n) is 4.44. The maximum atomic E-state index is 12.0. The fourth-order valence-corrected chi connectivity index (χ4v) is 3.35. The quantitative estimate of drug-likeness (QED) is 0.866. The fraction of sp³-hybridized carbons (Fsp3) is 0.462. The number of likely N-dealkylation sites (N-methyl/N-ethyl adjacent to an activating group) is 1. The summed E-state index contributed by atoms with van der Waals surface area (Å²) in [6, 6.07) is 5.76. The minimum absolute atomic E-state index is 0.0159. The highest BCUT2D eigenvalue weighted by molar-refractivity contribution is 7.97. The largest absolute Gasteiger partial charge is 0.351 e. The van der Waals surface area contributed by atoms with Gasteiger partial charge in [-0.15, -0.1) is 0 Å². The molecule has 0 radical (unpaired) electrons. The van der Waals surface area contributed by atoms with Gasteiger partial charge in [-0.05, 0) is 37.6 Å². The molecule has 98 valence electrons. The van der Waals surface area contributed by atoms with E-state index < -0.39 is 0 Å². The molecular formula is C13H17ClN2OS. The topological polar surface area (TPSA) is 32.3 Å². The first-order valence-corrected chi connectivity index (χ1v) is 7.29. The van der Waals surface area contributed by atoms with Gasteiger partial charge in [-0.2, -0.15) is 0 Å². The van der Waals surface area contributed by atoms with Gasteiger partial charge in [0.25, 0.3) is 0 Å². The number of hydrogen-bond donors (Lipinski definition) is 1. The Hall–Kier alpha value is -0.710. The van der Waals surface area contributed by atoms with Crippen LogP contribution in [-0.4, -0.2) is 29.1 Å². The molecule has 1 N–H and O–H groups in total. The molecule has 0 bridgehead atoms. The lowest BCUT2D eigenvalue weighted by molar-refractivity contribution is -0.124.